The standard InChI is InChI=1S/C15H20N4O2/c1-10-13(12(3)21-18-10)9-19(4)15(20)17-11(2)14-7-5-6-8-16-14/h5-8,11H,9H2,1-4H3,(H,17,20). The summed E-state index contributed by atoms with van der Waals surface area (Å²) < 4.78 is 5.11. The smallest absolute Gasteiger partial charge is 0.317 e. The van der Waals surface area contributed by atoms with Gasteiger partial charge >= 0.3 is 6.03 Å². The maximum absolute atomic E-state index is 12.2. The average molecular weight is 288 g/mol. The number of amides is 2. The Kier molecular flexibility index (Phi) is 4.57. The molecule has 2 rings (SSSR count). The SMILES string of the molecule is Cc1noc(C)c1CN(C)C(=O)NC(C)c1ccccn1. The van der Waals surface area contributed by atoms with Crippen LogP contribution in [0, 0.1) is 13.8 Å². The number of aromatic nitrogens is 2. The lowest BCUT2D eigenvalue weighted by Gasteiger charge is -2.21. The molecule has 0 spiro atoms. The Balaban J connectivity index is 1.97. The first-order chi connectivity index (χ1) is 9.99. The number of carbonyl (C=O) groups is 1. The van der Waals surface area contributed by atoms with Crippen molar-refractivity contribution in [3.63, 3.8) is 0 Å². The van der Waals surface area contributed by atoms with E-state index in [0.717, 1.165) is 22.7 Å². The van der Waals surface area contributed by atoms with Crippen LogP contribution in [0.25, 0.3) is 0 Å². The molecule has 0 bridgehead atoms. The molecule has 1 N–H and O–H groups in total. The second-order valence-electron chi connectivity index (χ2n) is 5.08. The number of nitrogens with zero attached hydrogens (tertiary/aromatic N) is 3. The van der Waals surface area contributed by atoms with E-state index in [4.69, 9.17) is 4.52 Å². The summed E-state index contributed by atoms with van der Waals surface area (Å²) in [6, 6.07) is 5.33. The van der Waals surface area contributed by atoms with Crippen LogP contribution in [0.5, 0.6) is 0 Å². The molecule has 2 aromatic rings. The number of pyridine rings is 1. The first kappa shape index (κ1) is 15.0. The van der Waals surface area contributed by atoms with Crippen LogP contribution in [-0.2, 0) is 6.54 Å². The van der Waals surface area contributed by atoms with Gasteiger partial charge in [-0.3, -0.25) is 4.98 Å². The third-order valence-corrected chi connectivity index (χ3v) is 3.39. The molecule has 1 unspecified atom stereocenters. The van der Waals surface area contributed by atoms with Gasteiger partial charge in [-0.25, -0.2) is 4.79 Å². The zero-order valence-corrected chi connectivity index (χ0v) is 12.8. The highest BCUT2D eigenvalue weighted by Crippen LogP contribution is 2.15. The molecular formula is C15H20N4O2. The molecule has 0 aliphatic rings. The van der Waals surface area contributed by atoms with Crippen molar-refractivity contribution in [1.29, 1.82) is 0 Å². The van der Waals surface area contributed by atoms with Gasteiger partial charge in [0, 0.05) is 18.8 Å². The van der Waals surface area contributed by atoms with Crippen LogP contribution in [0.4, 0.5) is 4.79 Å². The summed E-state index contributed by atoms with van der Waals surface area (Å²) in [5, 5.41) is 6.81. The largest absolute Gasteiger partial charge is 0.361 e. The molecule has 6 heteroatoms. The number of carbonyl (C=O) groups excluding carboxylic acids is 1. The van der Waals surface area contributed by atoms with Crippen LogP contribution in [0.2, 0.25) is 0 Å². The third kappa shape index (κ3) is 3.59. The van der Waals surface area contributed by atoms with E-state index in [1.807, 2.05) is 39.0 Å². The maximum atomic E-state index is 12.2. The number of nitrogens with one attached hydrogen (secondary N) is 1. The molecule has 2 aromatic heterocycles. The second-order valence-corrected chi connectivity index (χ2v) is 5.08. The molecule has 112 valence electrons. The van der Waals surface area contributed by atoms with E-state index >= 15 is 0 Å². The number of hydrogen-bond acceptors (Lipinski definition) is 4. The van der Waals surface area contributed by atoms with Crippen molar-refractivity contribution in [1.82, 2.24) is 20.4 Å². The van der Waals surface area contributed by atoms with Crippen molar-refractivity contribution in [2.75, 3.05) is 7.05 Å². The summed E-state index contributed by atoms with van der Waals surface area (Å²) >= 11 is 0. The van der Waals surface area contributed by atoms with Crippen molar-refractivity contribution in [3.8, 4) is 0 Å². The zero-order valence-electron chi connectivity index (χ0n) is 12.8. The molecule has 0 saturated heterocycles. The van der Waals surface area contributed by atoms with Crippen LogP contribution in [0.15, 0.2) is 28.9 Å². The van der Waals surface area contributed by atoms with Crippen LogP contribution < -0.4 is 5.32 Å². The molecule has 0 saturated carbocycles. The van der Waals surface area contributed by atoms with Gasteiger partial charge < -0.3 is 14.7 Å². The lowest BCUT2D eigenvalue weighted by atomic mass is 10.2. The minimum atomic E-state index is -0.159. The highest BCUT2D eigenvalue weighted by molar-refractivity contribution is 5.74. The molecule has 0 radical (unpaired) electrons. The van der Waals surface area contributed by atoms with Crippen molar-refractivity contribution < 1.29 is 9.32 Å². The molecule has 0 aliphatic heterocycles. The lowest BCUT2D eigenvalue weighted by molar-refractivity contribution is 0.203. The summed E-state index contributed by atoms with van der Waals surface area (Å²) in [4.78, 5) is 18.1. The molecule has 0 fully saturated rings. The molecular weight excluding hydrogens is 268 g/mol. The fourth-order valence-electron chi connectivity index (χ4n) is 2.04. The van der Waals surface area contributed by atoms with Gasteiger partial charge in [0.15, 0.2) is 0 Å². The monoisotopic (exact) mass is 288 g/mol. The van der Waals surface area contributed by atoms with Crippen LogP contribution in [0.1, 0.15) is 35.7 Å². The summed E-state index contributed by atoms with van der Waals surface area (Å²) in [7, 11) is 1.74. The van der Waals surface area contributed by atoms with E-state index in [0.29, 0.717) is 6.54 Å². The Labute approximate surface area is 124 Å². The van der Waals surface area contributed by atoms with Gasteiger partial charge in [-0.2, -0.15) is 0 Å². The minimum Gasteiger partial charge on any atom is -0.361 e. The molecule has 0 aromatic carbocycles. The van der Waals surface area contributed by atoms with Gasteiger partial charge in [-0.15, -0.1) is 0 Å². The van der Waals surface area contributed by atoms with Gasteiger partial charge in [0.05, 0.1) is 24.0 Å². The van der Waals surface area contributed by atoms with Crippen LogP contribution in [-0.4, -0.2) is 28.1 Å². The first-order valence-corrected chi connectivity index (χ1v) is 6.83. The van der Waals surface area contributed by atoms with Gasteiger partial charge in [0.25, 0.3) is 0 Å². The molecule has 21 heavy (non-hydrogen) atoms. The molecule has 2 amide bonds. The zero-order chi connectivity index (χ0) is 15.4. The van der Waals surface area contributed by atoms with Crippen LogP contribution >= 0.6 is 0 Å². The maximum Gasteiger partial charge on any atom is 0.317 e. The van der Waals surface area contributed by atoms with E-state index < -0.39 is 0 Å². The van der Waals surface area contributed by atoms with Crippen molar-refractivity contribution in [2.45, 2.75) is 33.4 Å². The minimum absolute atomic E-state index is 0.147. The Morgan fingerprint density at radius 1 is 1.43 bits per heavy atom. The Morgan fingerprint density at radius 2 is 2.19 bits per heavy atom. The summed E-state index contributed by atoms with van der Waals surface area (Å²) in [6.45, 7) is 6.08. The van der Waals surface area contributed by atoms with E-state index in [1.54, 1.807) is 18.1 Å². The fraction of sp³-hybridized carbons (Fsp3) is 0.400. The Morgan fingerprint density at radius 3 is 2.76 bits per heavy atom. The van der Waals surface area contributed by atoms with Gasteiger partial charge in [-0.05, 0) is 32.9 Å². The quantitative estimate of drug-likeness (QED) is 0.938. The summed E-state index contributed by atoms with van der Waals surface area (Å²) in [5.74, 6) is 0.741. The van der Waals surface area contributed by atoms with Crippen molar-refractivity contribution in [2.24, 2.45) is 0 Å². The third-order valence-electron chi connectivity index (χ3n) is 3.39. The fourth-order valence-corrected chi connectivity index (χ4v) is 2.04. The highest BCUT2D eigenvalue weighted by Gasteiger charge is 2.17. The van der Waals surface area contributed by atoms with E-state index in [-0.39, 0.29) is 12.1 Å². The average Bonchev–Trinajstić information content (AvgIpc) is 2.79. The lowest BCUT2D eigenvalue weighted by Crippen LogP contribution is -2.38. The predicted octanol–water partition coefficient (Wildman–Crippen LogP) is 2.59. The van der Waals surface area contributed by atoms with Crippen molar-refractivity contribution in [3.05, 3.63) is 47.1 Å². The van der Waals surface area contributed by atoms with Gasteiger partial charge in [-0.1, -0.05) is 11.2 Å². The van der Waals surface area contributed by atoms with E-state index in [9.17, 15) is 4.79 Å². The van der Waals surface area contributed by atoms with Crippen LogP contribution in [0.3, 0.4) is 0 Å². The van der Waals surface area contributed by atoms with Gasteiger partial charge in [0.2, 0.25) is 0 Å². The number of rotatable bonds is 4. The normalized spacial score (nSPS) is 12.0. The van der Waals surface area contributed by atoms with Crippen molar-refractivity contribution >= 4 is 6.03 Å². The topological polar surface area (TPSA) is 71.3 Å². The predicted molar refractivity (Wildman–Crippen MR) is 78.6 cm³/mol. The first-order valence-electron chi connectivity index (χ1n) is 6.83. The molecule has 2 heterocycles. The summed E-state index contributed by atoms with van der Waals surface area (Å²) in [5.41, 5.74) is 2.58. The number of aryl methyl sites for hydroxylation is 2. The molecule has 6 nitrogen and oxygen atoms in total. The van der Waals surface area contributed by atoms with E-state index in [2.05, 4.69) is 15.5 Å². The highest BCUT2D eigenvalue weighted by atomic mass is 16.5. The Hall–Kier alpha value is -2.37. The molecule has 0 aliphatic carbocycles. The number of urea groups is 1. The molecule has 1 atom stereocenters. The van der Waals surface area contributed by atoms with E-state index in [1.165, 1.54) is 0 Å². The summed E-state index contributed by atoms with van der Waals surface area (Å²) in [6.07, 6.45) is 1.71. The Bertz CT molecular complexity index is 590. The number of hydrogen-bond donors (Lipinski definition) is 1. The van der Waals surface area contributed by atoms with Gasteiger partial charge in [0.1, 0.15) is 5.76 Å². The second kappa shape index (κ2) is 6.39.